The molecule has 48 heavy (non-hydrogen) atoms. The van der Waals surface area contributed by atoms with Gasteiger partial charge >= 0.3 is 0 Å². The topological polar surface area (TPSA) is 29.3 Å². The van der Waals surface area contributed by atoms with Crippen molar-refractivity contribution in [2.45, 2.75) is 12.8 Å². The molecule has 0 saturated heterocycles. The number of para-hydroxylation sites is 1. The van der Waals surface area contributed by atoms with Crippen molar-refractivity contribution in [3.63, 3.8) is 0 Å². The summed E-state index contributed by atoms with van der Waals surface area (Å²) >= 11 is 0. The van der Waals surface area contributed by atoms with Gasteiger partial charge < -0.3 is 9.32 Å². The van der Waals surface area contributed by atoms with Crippen molar-refractivity contribution in [1.82, 2.24) is 4.98 Å². The molecule has 0 amide bonds. The van der Waals surface area contributed by atoms with Crippen LogP contribution in [0.3, 0.4) is 0 Å². The smallest absolute Gasteiger partial charge is 0.136 e. The molecule has 0 N–H and O–H groups in total. The number of hydrogen-bond acceptors (Lipinski definition) is 3. The number of rotatable bonds is 6. The lowest BCUT2D eigenvalue weighted by Crippen LogP contribution is -2.17. The Balaban J connectivity index is 1.15. The zero-order valence-corrected chi connectivity index (χ0v) is 26.4. The van der Waals surface area contributed by atoms with Gasteiger partial charge in [-0.15, -0.1) is 0 Å². The van der Waals surface area contributed by atoms with Crippen molar-refractivity contribution < 1.29 is 4.42 Å². The van der Waals surface area contributed by atoms with E-state index in [1.165, 1.54) is 27.6 Å². The average Bonchev–Trinajstić information content (AvgIpc) is 3.56. The first kappa shape index (κ1) is 28.1. The molecule has 0 bridgehead atoms. The van der Waals surface area contributed by atoms with Crippen LogP contribution in [0.25, 0.3) is 60.5 Å². The van der Waals surface area contributed by atoms with E-state index in [-0.39, 0.29) is 0 Å². The maximum atomic E-state index is 6.58. The summed E-state index contributed by atoms with van der Waals surface area (Å²) in [5, 5.41) is 4.66. The van der Waals surface area contributed by atoms with Gasteiger partial charge in [0, 0.05) is 45.8 Å². The molecule has 2 aromatic heterocycles. The van der Waals surface area contributed by atoms with Crippen LogP contribution in [0.5, 0.6) is 0 Å². The van der Waals surface area contributed by atoms with Gasteiger partial charge in [-0.3, -0.25) is 4.98 Å². The van der Waals surface area contributed by atoms with Crippen LogP contribution in [0.15, 0.2) is 180 Å². The van der Waals surface area contributed by atoms with Crippen LogP contribution in [0.2, 0.25) is 0 Å². The summed E-state index contributed by atoms with van der Waals surface area (Å²) in [6, 6.07) is 51.6. The van der Waals surface area contributed by atoms with E-state index in [0.717, 1.165) is 68.4 Å². The summed E-state index contributed by atoms with van der Waals surface area (Å²) in [5.74, 6) is 0. The van der Waals surface area contributed by atoms with Crippen LogP contribution in [-0.2, 0) is 0 Å². The van der Waals surface area contributed by atoms with Gasteiger partial charge in [-0.1, -0.05) is 109 Å². The van der Waals surface area contributed by atoms with Crippen LogP contribution in [0.4, 0.5) is 11.4 Å². The molecule has 1 aliphatic carbocycles. The highest BCUT2D eigenvalue weighted by Gasteiger charge is 2.20. The first-order valence-electron chi connectivity index (χ1n) is 16.5. The minimum absolute atomic E-state index is 0.882. The molecule has 3 nitrogen and oxygen atoms in total. The van der Waals surface area contributed by atoms with Crippen LogP contribution < -0.4 is 4.90 Å². The highest BCUT2D eigenvalue weighted by molar-refractivity contribution is 6.25. The molecule has 8 aromatic rings. The predicted molar refractivity (Wildman–Crippen MR) is 200 cm³/mol. The van der Waals surface area contributed by atoms with E-state index in [1.54, 1.807) is 0 Å². The summed E-state index contributed by atoms with van der Waals surface area (Å²) in [6.45, 7) is 0. The van der Waals surface area contributed by atoms with E-state index in [2.05, 4.69) is 162 Å². The van der Waals surface area contributed by atoms with Crippen molar-refractivity contribution in [3.05, 3.63) is 181 Å². The first-order chi connectivity index (χ1) is 23.8. The molecule has 0 spiro atoms. The van der Waals surface area contributed by atoms with Crippen molar-refractivity contribution in [3.8, 4) is 22.3 Å². The fraction of sp³-hybridized carbons (Fsp3) is 0.0444. The molecule has 9 rings (SSSR count). The fourth-order valence-corrected chi connectivity index (χ4v) is 7.24. The summed E-state index contributed by atoms with van der Waals surface area (Å²) in [5.41, 5.74) is 12.6. The van der Waals surface area contributed by atoms with E-state index in [1.807, 2.05) is 18.5 Å². The van der Waals surface area contributed by atoms with E-state index in [4.69, 9.17) is 4.42 Å². The molecule has 0 unspecified atom stereocenters. The zero-order valence-electron chi connectivity index (χ0n) is 26.4. The predicted octanol–water partition coefficient (Wildman–Crippen LogP) is 12.4. The second-order valence-electron chi connectivity index (χ2n) is 12.3. The number of nitrogens with zero attached hydrogens (tertiary/aromatic N) is 2. The van der Waals surface area contributed by atoms with Gasteiger partial charge in [0.15, 0.2) is 0 Å². The summed E-state index contributed by atoms with van der Waals surface area (Å²) in [6.07, 6.45) is 10.3. The average molecular weight is 617 g/mol. The van der Waals surface area contributed by atoms with Crippen molar-refractivity contribution in [2.75, 3.05) is 4.90 Å². The minimum Gasteiger partial charge on any atom is -0.456 e. The van der Waals surface area contributed by atoms with Gasteiger partial charge in [-0.25, -0.2) is 0 Å². The standard InChI is InChI=1S/C45H32N2O/c1-3-11-31(12-4-1)32-20-24-36(25-21-32)47(35-14-5-2-6-15-35)37-26-22-33(23-27-37)41-29-43-45(40-17-8-7-16-39(40)41)44-38(18-9-19-42(44)48-43)34-13-10-28-46-30-34/h1-20,22-24,26-30H,21,25H2. The lowest BCUT2D eigenvalue weighted by molar-refractivity contribution is 0.669. The van der Waals surface area contributed by atoms with Crippen molar-refractivity contribution in [1.29, 1.82) is 0 Å². The SMILES string of the molecule is C1=C(c2ccccc2)CCC(N(c2ccccc2)c2ccc(-c3cc4oc5cccc(-c6cccnc6)c5c4c4ccccc34)cc2)=C1. The van der Waals surface area contributed by atoms with Crippen LogP contribution >= 0.6 is 0 Å². The van der Waals surface area contributed by atoms with Gasteiger partial charge in [0.2, 0.25) is 0 Å². The number of fused-ring (bicyclic) bond motifs is 5. The van der Waals surface area contributed by atoms with E-state index < -0.39 is 0 Å². The summed E-state index contributed by atoms with van der Waals surface area (Å²) in [7, 11) is 0. The van der Waals surface area contributed by atoms with E-state index in [0.29, 0.717) is 0 Å². The maximum Gasteiger partial charge on any atom is 0.136 e. The van der Waals surface area contributed by atoms with Crippen LogP contribution in [0.1, 0.15) is 18.4 Å². The van der Waals surface area contributed by atoms with Crippen molar-refractivity contribution in [2.24, 2.45) is 0 Å². The number of anilines is 2. The maximum absolute atomic E-state index is 6.58. The normalized spacial score (nSPS) is 13.1. The molecule has 0 saturated carbocycles. The summed E-state index contributed by atoms with van der Waals surface area (Å²) in [4.78, 5) is 6.78. The van der Waals surface area contributed by atoms with Gasteiger partial charge in [-0.2, -0.15) is 0 Å². The third-order valence-electron chi connectivity index (χ3n) is 9.49. The number of hydrogen-bond donors (Lipinski definition) is 0. The lowest BCUT2D eigenvalue weighted by Gasteiger charge is -2.30. The Morgan fingerprint density at radius 3 is 1.98 bits per heavy atom. The number of pyridine rings is 1. The molecular weight excluding hydrogens is 585 g/mol. The Bertz CT molecular complexity index is 2480. The number of benzene rings is 6. The highest BCUT2D eigenvalue weighted by atomic mass is 16.3. The number of allylic oxidation sites excluding steroid dienone is 4. The largest absolute Gasteiger partial charge is 0.456 e. The first-order valence-corrected chi connectivity index (χ1v) is 16.5. The third-order valence-corrected chi connectivity index (χ3v) is 9.49. The molecule has 3 heteroatoms. The van der Waals surface area contributed by atoms with Crippen LogP contribution in [-0.4, -0.2) is 4.98 Å². The van der Waals surface area contributed by atoms with Gasteiger partial charge in [0.05, 0.1) is 0 Å². The quantitative estimate of drug-likeness (QED) is 0.186. The Labute approximate surface area is 279 Å². The van der Waals surface area contributed by atoms with E-state index >= 15 is 0 Å². The molecule has 0 aliphatic heterocycles. The van der Waals surface area contributed by atoms with Gasteiger partial charge in [-0.05, 0) is 100.0 Å². The third kappa shape index (κ3) is 4.88. The van der Waals surface area contributed by atoms with Crippen LogP contribution in [0, 0.1) is 0 Å². The Morgan fingerprint density at radius 2 is 1.23 bits per heavy atom. The second-order valence-corrected chi connectivity index (χ2v) is 12.3. The monoisotopic (exact) mass is 616 g/mol. The molecule has 228 valence electrons. The number of furan rings is 1. The molecule has 6 aromatic carbocycles. The Morgan fingerprint density at radius 1 is 0.500 bits per heavy atom. The fourth-order valence-electron chi connectivity index (χ4n) is 7.24. The molecule has 0 fully saturated rings. The minimum atomic E-state index is 0.882. The highest BCUT2D eigenvalue weighted by Crippen LogP contribution is 2.44. The Kier molecular flexibility index (Phi) is 6.94. The number of aromatic nitrogens is 1. The zero-order chi connectivity index (χ0) is 31.9. The van der Waals surface area contributed by atoms with Gasteiger partial charge in [0.1, 0.15) is 11.2 Å². The second kappa shape index (κ2) is 11.9. The molecule has 2 heterocycles. The molecular formula is C45H32N2O. The lowest BCUT2D eigenvalue weighted by atomic mass is 9.92. The molecule has 0 atom stereocenters. The van der Waals surface area contributed by atoms with E-state index in [9.17, 15) is 0 Å². The molecule has 1 aliphatic rings. The Hall–Kier alpha value is -6.19. The summed E-state index contributed by atoms with van der Waals surface area (Å²) < 4.78 is 6.58. The van der Waals surface area contributed by atoms with Gasteiger partial charge in [0.25, 0.3) is 0 Å². The molecule has 0 radical (unpaired) electrons. The van der Waals surface area contributed by atoms with Crippen molar-refractivity contribution >= 4 is 49.7 Å².